The number of amides is 2. The van der Waals surface area contributed by atoms with Crippen LogP contribution in [0.5, 0.6) is 0 Å². The lowest BCUT2D eigenvalue weighted by molar-refractivity contribution is -0.117. The van der Waals surface area contributed by atoms with Crippen LogP contribution in [0.4, 0.5) is 10.5 Å². The Bertz CT molecular complexity index is 794. The molecule has 1 aromatic heterocycles. The summed E-state index contributed by atoms with van der Waals surface area (Å²) in [6, 6.07) is 5.55. The van der Waals surface area contributed by atoms with E-state index in [0.717, 1.165) is 30.2 Å². The first-order valence-corrected chi connectivity index (χ1v) is 9.91. The number of hydrogen-bond acceptors (Lipinski definition) is 7. The zero-order valence-corrected chi connectivity index (χ0v) is 16.5. The largest absolute Gasteiger partial charge is 0.449 e. The maximum absolute atomic E-state index is 12.4. The van der Waals surface area contributed by atoms with Gasteiger partial charge in [-0.25, -0.2) is 4.79 Å². The quantitative estimate of drug-likeness (QED) is 0.842. The van der Waals surface area contributed by atoms with Gasteiger partial charge in [-0.2, -0.15) is 8.75 Å². The van der Waals surface area contributed by atoms with Crippen molar-refractivity contribution in [2.24, 2.45) is 5.92 Å². The maximum Gasteiger partial charge on any atom is 0.409 e. The lowest BCUT2D eigenvalue weighted by Gasteiger charge is -2.21. The Morgan fingerprint density at radius 2 is 2.07 bits per heavy atom. The zero-order valence-electron chi connectivity index (χ0n) is 15.7. The van der Waals surface area contributed by atoms with Crippen molar-refractivity contribution in [1.82, 2.24) is 18.5 Å². The summed E-state index contributed by atoms with van der Waals surface area (Å²) in [5.74, 6) is 0.227. The molecule has 1 aliphatic heterocycles. The molecule has 1 saturated heterocycles. The topological polar surface area (TPSA) is 87.7 Å². The van der Waals surface area contributed by atoms with Crippen molar-refractivity contribution < 1.29 is 14.3 Å². The van der Waals surface area contributed by atoms with E-state index < -0.39 is 0 Å². The van der Waals surface area contributed by atoms with Crippen LogP contribution in [0.3, 0.4) is 0 Å². The number of ether oxygens (including phenoxy) is 1. The third-order valence-corrected chi connectivity index (χ3v) is 4.86. The highest BCUT2D eigenvalue weighted by atomic mass is 32.1. The molecular formula is C18H25N5O3S. The van der Waals surface area contributed by atoms with Crippen LogP contribution in [0.15, 0.2) is 18.2 Å². The number of carbonyl (C=O) groups is 2. The Hall–Kier alpha value is -2.26. The molecule has 2 aromatic rings. The van der Waals surface area contributed by atoms with Crippen LogP contribution >= 0.6 is 11.7 Å². The number of fused-ring (bicyclic) bond motifs is 1. The van der Waals surface area contributed by atoms with Crippen LogP contribution < -0.4 is 5.32 Å². The fraction of sp³-hybridized carbons (Fsp3) is 0.556. The van der Waals surface area contributed by atoms with E-state index in [2.05, 4.69) is 19.0 Å². The van der Waals surface area contributed by atoms with E-state index in [1.165, 1.54) is 0 Å². The lowest BCUT2D eigenvalue weighted by Crippen LogP contribution is -2.38. The van der Waals surface area contributed by atoms with Crippen molar-refractivity contribution in [3.8, 4) is 0 Å². The fourth-order valence-corrected chi connectivity index (χ4v) is 3.49. The smallest absolute Gasteiger partial charge is 0.409 e. The summed E-state index contributed by atoms with van der Waals surface area (Å²) in [6.07, 6.45) is 0.549. The van der Waals surface area contributed by atoms with E-state index in [1.54, 1.807) is 4.90 Å². The SMILES string of the molecule is CC(C)COC(=O)N1CCCN(CC(=O)Nc2cccc3nsnc23)CC1. The number of rotatable bonds is 5. The first-order chi connectivity index (χ1) is 13.0. The van der Waals surface area contributed by atoms with E-state index in [4.69, 9.17) is 4.74 Å². The van der Waals surface area contributed by atoms with Crippen molar-refractivity contribution in [3.05, 3.63) is 18.2 Å². The van der Waals surface area contributed by atoms with Crippen LogP contribution in [0.2, 0.25) is 0 Å². The molecule has 0 bridgehead atoms. The second-order valence-electron chi connectivity index (χ2n) is 7.07. The highest BCUT2D eigenvalue weighted by Gasteiger charge is 2.22. The Morgan fingerprint density at radius 3 is 2.89 bits per heavy atom. The number of carbonyl (C=O) groups excluding carboxylic acids is 2. The van der Waals surface area contributed by atoms with Gasteiger partial charge < -0.3 is 15.0 Å². The Balaban J connectivity index is 1.50. The lowest BCUT2D eigenvalue weighted by atomic mass is 10.2. The average molecular weight is 391 g/mol. The van der Waals surface area contributed by atoms with Gasteiger partial charge in [0.1, 0.15) is 11.0 Å². The summed E-state index contributed by atoms with van der Waals surface area (Å²) in [5, 5.41) is 2.92. The molecule has 2 heterocycles. The molecule has 27 heavy (non-hydrogen) atoms. The van der Waals surface area contributed by atoms with E-state index in [0.29, 0.717) is 43.4 Å². The molecule has 0 unspecified atom stereocenters. The molecule has 8 nitrogen and oxygen atoms in total. The minimum atomic E-state index is -0.266. The molecule has 0 saturated carbocycles. The maximum atomic E-state index is 12.4. The summed E-state index contributed by atoms with van der Waals surface area (Å²) in [7, 11) is 0. The molecular weight excluding hydrogens is 366 g/mol. The number of nitrogens with one attached hydrogen (secondary N) is 1. The van der Waals surface area contributed by atoms with Crippen LogP contribution in [0.25, 0.3) is 11.0 Å². The fourth-order valence-electron chi connectivity index (χ4n) is 2.94. The molecule has 1 aliphatic rings. The number of anilines is 1. The molecule has 0 atom stereocenters. The second-order valence-corrected chi connectivity index (χ2v) is 7.60. The summed E-state index contributed by atoms with van der Waals surface area (Å²) in [4.78, 5) is 28.4. The minimum absolute atomic E-state index is 0.0914. The van der Waals surface area contributed by atoms with E-state index >= 15 is 0 Å². The van der Waals surface area contributed by atoms with E-state index in [9.17, 15) is 9.59 Å². The Kier molecular flexibility index (Phi) is 6.57. The van der Waals surface area contributed by atoms with Crippen molar-refractivity contribution in [3.63, 3.8) is 0 Å². The third-order valence-electron chi connectivity index (χ3n) is 4.31. The minimum Gasteiger partial charge on any atom is -0.449 e. The molecule has 1 aromatic carbocycles. The molecule has 9 heteroatoms. The average Bonchev–Trinajstić information content (AvgIpc) is 3.00. The molecule has 0 aliphatic carbocycles. The van der Waals surface area contributed by atoms with Gasteiger partial charge in [0, 0.05) is 26.2 Å². The number of aromatic nitrogens is 2. The van der Waals surface area contributed by atoms with E-state index in [1.807, 2.05) is 32.0 Å². The number of hydrogen-bond donors (Lipinski definition) is 1. The summed E-state index contributed by atoms with van der Waals surface area (Å²) >= 11 is 1.13. The summed E-state index contributed by atoms with van der Waals surface area (Å²) < 4.78 is 13.7. The van der Waals surface area contributed by atoms with Gasteiger partial charge in [-0.1, -0.05) is 19.9 Å². The van der Waals surface area contributed by atoms with Crippen LogP contribution in [-0.4, -0.2) is 69.9 Å². The standard InChI is InChI=1S/C18H25N5O3S/c1-13(2)12-26-18(25)23-8-4-7-22(9-10-23)11-16(24)19-14-5-3-6-15-17(14)21-27-20-15/h3,5-6,13H,4,7-12H2,1-2H3,(H,19,24). The van der Waals surface area contributed by atoms with Gasteiger partial charge in [-0.05, 0) is 24.5 Å². The molecule has 1 fully saturated rings. The van der Waals surface area contributed by atoms with Gasteiger partial charge in [0.25, 0.3) is 0 Å². The van der Waals surface area contributed by atoms with Crippen LogP contribution in [0.1, 0.15) is 20.3 Å². The summed E-state index contributed by atoms with van der Waals surface area (Å²) in [5.41, 5.74) is 2.17. The molecule has 146 valence electrons. The van der Waals surface area contributed by atoms with Gasteiger partial charge >= 0.3 is 6.09 Å². The predicted octanol–water partition coefficient (Wildman–Crippen LogP) is 2.43. The van der Waals surface area contributed by atoms with Gasteiger partial charge in [0.15, 0.2) is 0 Å². The van der Waals surface area contributed by atoms with Crippen LogP contribution in [0, 0.1) is 5.92 Å². The van der Waals surface area contributed by atoms with Gasteiger partial charge in [-0.3, -0.25) is 9.69 Å². The zero-order chi connectivity index (χ0) is 19.2. The monoisotopic (exact) mass is 391 g/mol. The Morgan fingerprint density at radius 1 is 1.22 bits per heavy atom. The number of nitrogens with zero attached hydrogens (tertiary/aromatic N) is 4. The van der Waals surface area contributed by atoms with Gasteiger partial charge in [0.2, 0.25) is 5.91 Å². The molecule has 0 spiro atoms. The van der Waals surface area contributed by atoms with Crippen molar-refractivity contribution in [1.29, 1.82) is 0 Å². The third kappa shape index (κ3) is 5.36. The van der Waals surface area contributed by atoms with Gasteiger partial charge in [-0.15, -0.1) is 0 Å². The molecule has 2 amide bonds. The highest BCUT2D eigenvalue weighted by Crippen LogP contribution is 2.21. The van der Waals surface area contributed by atoms with Crippen molar-refractivity contribution in [2.45, 2.75) is 20.3 Å². The molecule has 0 radical (unpaired) electrons. The summed E-state index contributed by atoms with van der Waals surface area (Å²) in [6.45, 7) is 7.36. The van der Waals surface area contributed by atoms with Gasteiger partial charge in [0.05, 0.1) is 30.6 Å². The van der Waals surface area contributed by atoms with E-state index in [-0.39, 0.29) is 18.5 Å². The van der Waals surface area contributed by atoms with Crippen molar-refractivity contribution in [2.75, 3.05) is 44.6 Å². The molecule has 3 rings (SSSR count). The van der Waals surface area contributed by atoms with Crippen molar-refractivity contribution >= 4 is 40.4 Å². The highest BCUT2D eigenvalue weighted by molar-refractivity contribution is 7.00. The Labute approximate surface area is 162 Å². The second kappa shape index (κ2) is 9.09. The normalized spacial score (nSPS) is 15.7. The van der Waals surface area contributed by atoms with Crippen LogP contribution in [-0.2, 0) is 9.53 Å². The number of benzene rings is 1. The molecule has 1 N–H and O–H groups in total. The first kappa shape index (κ1) is 19.5. The predicted molar refractivity (Wildman–Crippen MR) is 105 cm³/mol. The first-order valence-electron chi connectivity index (χ1n) is 9.18.